The van der Waals surface area contributed by atoms with Gasteiger partial charge in [0.05, 0.1) is 13.2 Å². The van der Waals surface area contributed by atoms with Crippen molar-refractivity contribution >= 4 is 5.91 Å². The van der Waals surface area contributed by atoms with Crippen LogP contribution in [0.4, 0.5) is 0 Å². The van der Waals surface area contributed by atoms with Crippen molar-refractivity contribution in [3.63, 3.8) is 0 Å². The Morgan fingerprint density at radius 1 is 1.35 bits per heavy atom. The van der Waals surface area contributed by atoms with E-state index in [0.717, 1.165) is 43.8 Å². The van der Waals surface area contributed by atoms with Gasteiger partial charge < -0.3 is 15.0 Å². The Morgan fingerprint density at radius 2 is 2.09 bits per heavy atom. The van der Waals surface area contributed by atoms with E-state index in [9.17, 15) is 4.79 Å². The highest BCUT2D eigenvalue weighted by atomic mass is 16.5. The molecule has 0 radical (unpaired) electrons. The van der Waals surface area contributed by atoms with Crippen LogP contribution in [-0.2, 0) is 4.79 Å². The summed E-state index contributed by atoms with van der Waals surface area (Å²) in [5, 5.41) is 3.40. The van der Waals surface area contributed by atoms with E-state index in [1.165, 1.54) is 0 Å². The molecule has 0 saturated carbocycles. The molecule has 1 fully saturated rings. The SMILES string of the molecule is COc1ccccc1C1CNCCN1C(=O)CCCC(C)(C)C. The Bertz CT molecular complexity index is 522. The minimum absolute atomic E-state index is 0.0574. The number of nitrogens with zero attached hydrogens (tertiary/aromatic N) is 1. The Kier molecular flexibility index (Phi) is 6.05. The van der Waals surface area contributed by atoms with E-state index in [-0.39, 0.29) is 17.4 Å². The van der Waals surface area contributed by atoms with Crippen molar-refractivity contribution < 1.29 is 9.53 Å². The molecule has 1 atom stereocenters. The number of methoxy groups -OCH3 is 1. The zero-order valence-electron chi connectivity index (χ0n) is 14.9. The molecule has 0 aromatic heterocycles. The summed E-state index contributed by atoms with van der Waals surface area (Å²) >= 11 is 0. The summed E-state index contributed by atoms with van der Waals surface area (Å²) < 4.78 is 5.49. The number of rotatable bonds is 5. The number of amides is 1. The van der Waals surface area contributed by atoms with Gasteiger partial charge in [-0.25, -0.2) is 0 Å². The van der Waals surface area contributed by atoms with Gasteiger partial charge in [0.25, 0.3) is 0 Å². The van der Waals surface area contributed by atoms with Gasteiger partial charge in [-0.05, 0) is 24.3 Å². The highest BCUT2D eigenvalue weighted by Crippen LogP contribution is 2.31. The van der Waals surface area contributed by atoms with E-state index in [2.05, 4.69) is 32.2 Å². The van der Waals surface area contributed by atoms with Gasteiger partial charge in [-0.1, -0.05) is 39.0 Å². The molecule has 1 amide bonds. The van der Waals surface area contributed by atoms with Gasteiger partial charge in [0.2, 0.25) is 5.91 Å². The quantitative estimate of drug-likeness (QED) is 0.905. The van der Waals surface area contributed by atoms with Crippen LogP contribution in [-0.4, -0.2) is 37.6 Å². The molecule has 128 valence electrons. The Hall–Kier alpha value is -1.55. The Morgan fingerprint density at radius 3 is 2.78 bits per heavy atom. The number of nitrogens with one attached hydrogen (secondary N) is 1. The first-order chi connectivity index (χ1) is 10.9. The summed E-state index contributed by atoms with van der Waals surface area (Å²) in [7, 11) is 1.69. The molecule has 1 unspecified atom stereocenters. The van der Waals surface area contributed by atoms with Gasteiger partial charge in [0.15, 0.2) is 0 Å². The molecule has 1 aliphatic rings. The molecule has 1 aromatic carbocycles. The smallest absolute Gasteiger partial charge is 0.223 e. The fourth-order valence-corrected chi connectivity index (χ4v) is 3.14. The topological polar surface area (TPSA) is 41.6 Å². The van der Waals surface area contributed by atoms with E-state index >= 15 is 0 Å². The number of benzene rings is 1. The number of ether oxygens (including phenoxy) is 1. The van der Waals surface area contributed by atoms with Gasteiger partial charge >= 0.3 is 0 Å². The summed E-state index contributed by atoms with van der Waals surface area (Å²) in [5.41, 5.74) is 1.37. The number of hydrogen-bond acceptors (Lipinski definition) is 3. The highest BCUT2D eigenvalue weighted by molar-refractivity contribution is 5.77. The number of piperazine rings is 1. The van der Waals surface area contributed by atoms with E-state index < -0.39 is 0 Å². The Balaban J connectivity index is 2.07. The standard InChI is InChI=1S/C19H30N2O2/c1-19(2,3)11-7-10-18(22)21-13-12-20-14-16(21)15-8-5-6-9-17(15)23-4/h5-6,8-9,16,20H,7,10-14H2,1-4H3. The lowest BCUT2D eigenvalue weighted by molar-refractivity contribution is -0.134. The predicted octanol–water partition coefficient (Wildman–Crippen LogP) is 3.38. The minimum atomic E-state index is 0.0574. The molecule has 1 N–H and O–H groups in total. The molecule has 1 aromatic rings. The van der Waals surface area contributed by atoms with Crippen molar-refractivity contribution in [2.75, 3.05) is 26.7 Å². The maximum atomic E-state index is 12.7. The molecule has 1 aliphatic heterocycles. The van der Waals surface area contributed by atoms with Crippen LogP contribution < -0.4 is 10.1 Å². The van der Waals surface area contributed by atoms with Crippen LogP contribution in [0, 0.1) is 5.41 Å². The molecule has 0 aliphatic carbocycles. The first kappa shape index (κ1) is 17.8. The number of carbonyl (C=O) groups is 1. The van der Waals surface area contributed by atoms with E-state index in [1.807, 2.05) is 23.1 Å². The summed E-state index contributed by atoms with van der Waals surface area (Å²) in [6, 6.07) is 8.06. The van der Waals surface area contributed by atoms with Crippen LogP contribution >= 0.6 is 0 Å². The largest absolute Gasteiger partial charge is 0.496 e. The first-order valence-corrected chi connectivity index (χ1v) is 8.55. The van der Waals surface area contributed by atoms with Crippen LogP contribution in [0.1, 0.15) is 51.6 Å². The van der Waals surface area contributed by atoms with Gasteiger partial charge in [-0.15, -0.1) is 0 Å². The molecule has 0 spiro atoms. The zero-order chi connectivity index (χ0) is 16.9. The second-order valence-electron chi connectivity index (χ2n) is 7.46. The maximum Gasteiger partial charge on any atom is 0.223 e. The average Bonchev–Trinajstić information content (AvgIpc) is 2.53. The van der Waals surface area contributed by atoms with Crippen LogP contribution in [0.5, 0.6) is 5.75 Å². The summed E-state index contributed by atoms with van der Waals surface area (Å²) in [5.74, 6) is 1.11. The third kappa shape index (κ3) is 4.96. The monoisotopic (exact) mass is 318 g/mol. The van der Waals surface area contributed by atoms with Gasteiger partial charge in [-0.2, -0.15) is 0 Å². The highest BCUT2D eigenvalue weighted by Gasteiger charge is 2.29. The summed E-state index contributed by atoms with van der Waals surface area (Å²) in [6.07, 6.45) is 2.65. The normalized spacial score (nSPS) is 18.8. The second kappa shape index (κ2) is 7.82. The fraction of sp³-hybridized carbons (Fsp3) is 0.632. The van der Waals surface area contributed by atoms with Gasteiger partial charge in [-0.3, -0.25) is 4.79 Å². The lowest BCUT2D eigenvalue weighted by Gasteiger charge is -2.37. The molecule has 1 saturated heterocycles. The van der Waals surface area contributed by atoms with Crippen molar-refractivity contribution in [3.8, 4) is 5.75 Å². The van der Waals surface area contributed by atoms with Crippen molar-refractivity contribution in [3.05, 3.63) is 29.8 Å². The lowest BCUT2D eigenvalue weighted by Crippen LogP contribution is -2.48. The van der Waals surface area contributed by atoms with E-state index in [4.69, 9.17) is 4.74 Å². The number of para-hydroxylation sites is 1. The Labute approximate surface area is 140 Å². The van der Waals surface area contributed by atoms with Crippen molar-refractivity contribution in [1.29, 1.82) is 0 Å². The van der Waals surface area contributed by atoms with Crippen molar-refractivity contribution in [2.45, 2.75) is 46.1 Å². The van der Waals surface area contributed by atoms with E-state index in [0.29, 0.717) is 6.42 Å². The number of carbonyl (C=O) groups excluding carboxylic acids is 1. The molecule has 23 heavy (non-hydrogen) atoms. The molecule has 4 heteroatoms. The van der Waals surface area contributed by atoms with Crippen LogP contribution in [0.25, 0.3) is 0 Å². The third-order valence-corrected chi connectivity index (χ3v) is 4.38. The van der Waals surface area contributed by atoms with Gasteiger partial charge in [0, 0.05) is 31.6 Å². The summed E-state index contributed by atoms with van der Waals surface area (Å²) in [4.78, 5) is 14.7. The van der Waals surface area contributed by atoms with Crippen molar-refractivity contribution in [2.24, 2.45) is 5.41 Å². The molecular formula is C19H30N2O2. The molecule has 2 rings (SSSR count). The van der Waals surface area contributed by atoms with Crippen molar-refractivity contribution in [1.82, 2.24) is 10.2 Å². The van der Waals surface area contributed by atoms with Crippen LogP contribution in [0.2, 0.25) is 0 Å². The third-order valence-electron chi connectivity index (χ3n) is 4.38. The average molecular weight is 318 g/mol. The molecule has 4 nitrogen and oxygen atoms in total. The van der Waals surface area contributed by atoms with Gasteiger partial charge in [0.1, 0.15) is 5.75 Å². The molecule has 0 bridgehead atoms. The predicted molar refractivity (Wildman–Crippen MR) is 93.6 cm³/mol. The van der Waals surface area contributed by atoms with Crippen LogP contribution in [0.3, 0.4) is 0 Å². The summed E-state index contributed by atoms with van der Waals surface area (Å²) in [6.45, 7) is 9.07. The first-order valence-electron chi connectivity index (χ1n) is 8.55. The minimum Gasteiger partial charge on any atom is -0.496 e. The maximum absolute atomic E-state index is 12.7. The van der Waals surface area contributed by atoms with E-state index in [1.54, 1.807) is 7.11 Å². The molecular weight excluding hydrogens is 288 g/mol. The van der Waals surface area contributed by atoms with Crippen LogP contribution in [0.15, 0.2) is 24.3 Å². The fourth-order valence-electron chi connectivity index (χ4n) is 3.14. The molecule has 1 heterocycles. The second-order valence-corrected chi connectivity index (χ2v) is 7.46. The zero-order valence-corrected chi connectivity index (χ0v) is 14.9. The number of hydrogen-bond donors (Lipinski definition) is 1. The lowest BCUT2D eigenvalue weighted by atomic mass is 9.89.